The van der Waals surface area contributed by atoms with Crippen molar-refractivity contribution in [2.75, 3.05) is 13.2 Å². The summed E-state index contributed by atoms with van der Waals surface area (Å²) < 4.78 is 16.7. The van der Waals surface area contributed by atoms with Gasteiger partial charge in [0.05, 0.1) is 13.2 Å². The van der Waals surface area contributed by atoms with E-state index in [1.165, 1.54) is 0 Å². The Labute approximate surface area is 209 Å². The monoisotopic (exact) mass is 514 g/mol. The summed E-state index contributed by atoms with van der Waals surface area (Å²) in [6.45, 7) is 8.46. The second-order valence-corrected chi connectivity index (χ2v) is 16.8. The van der Waals surface area contributed by atoms with Crippen LogP contribution >= 0.6 is 0 Å². The van der Waals surface area contributed by atoms with Crippen molar-refractivity contribution < 1.29 is 32.8 Å². The summed E-state index contributed by atoms with van der Waals surface area (Å²) in [7, 11) is -2.94. The fraction of sp³-hybridized carbons (Fsp3) is 0.385. The minimum Gasteiger partial charge on any atom is -0.459 e. The van der Waals surface area contributed by atoms with E-state index in [1.54, 1.807) is 60.7 Å². The largest absolute Gasteiger partial charge is 0.459 e. The number of rotatable bonds is 14. The van der Waals surface area contributed by atoms with E-state index in [1.807, 2.05) is 0 Å². The molecule has 0 aliphatic rings. The molecule has 0 spiro atoms. The topological polar surface area (TPSA) is 96.0 Å². The van der Waals surface area contributed by atoms with Crippen LogP contribution in [0.3, 0.4) is 0 Å². The first-order valence-electron chi connectivity index (χ1n) is 11.8. The highest BCUT2D eigenvalue weighted by Crippen LogP contribution is 2.16. The third kappa shape index (κ3) is 10.5. The Morgan fingerprint density at radius 3 is 1.60 bits per heavy atom. The Balaban J connectivity index is 1.94. The summed E-state index contributed by atoms with van der Waals surface area (Å²) in [5.74, 6) is -3.73. The summed E-state index contributed by atoms with van der Waals surface area (Å²) in [4.78, 5) is 49.1. The van der Waals surface area contributed by atoms with Gasteiger partial charge < -0.3 is 13.6 Å². The van der Waals surface area contributed by atoms with E-state index in [-0.39, 0.29) is 30.3 Å². The molecule has 2 aromatic rings. The van der Waals surface area contributed by atoms with E-state index in [4.69, 9.17) is 13.6 Å². The van der Waals surface area contributed by atoms with Gasteiger partial charge in [-0.15, -0.1) is 0 Å². The molecule has 0 bridgehead atoms. The highest BCUT2D eigenvalue weighted by atomic mass is 28.4. The molecule has 35 heavy (non-hydrogen) atoms. The molecule has 2 rings (SSSR count). The van der Waals surface area contributed by atoms with Crippen LogP contribution in [0.4, 0.5) is 0 Å². The third-order valence-electron chi connectivity index (χ3n) is 5.12. The van der Waals surface area contributed by atoms with Crippen molar-refractivity contribution >= 4 is 40.9 Å². The molecule has 0 aliphatic carbocycles. The molecular weight excluding hydrogens is 480 g/mol. The van der Waals surface area contributed by atoms with E-state index >= 15 is 0 Å². The van der Waals surface area contributed by atoms with Gasteiger partial charge in [-0.25, -0.2) is 9.59 Å². The van der Waals surface area contributed by atoms with Crippen LogP contribution in [0.5, 0.6) is 0 Å². The zero-order chi connectivity index (χ0) is 25.8. The molecular formula is C26H34O7Si2. The van der Waals surface area contributed by atoms with E-state index in [2.05, 4.69) is 26.2 Å². The minimum absolute atomic E-state index is 0.0883. The van der Waals surface area contributed by atoms with Crippen molar-refractivity contribution in [1.82, 2.24) is 0 Å². The molecule has 1 atom stereocenters. The number of carbonyl (C=O) groups excluding carboxylic acids is 4. The van der Waals surface area contributed by atoms with Crippen LogP contribution in [0.15, 0.2) is 60.7 Å². The molecule has 0 saturated heterocycles. The van der Waals surface area contributed by atoms with Crippen LogP contribution in [0.25, 0.3) is 0 Å². The van der Waals surface area contributed by atoms with Crippen molar-refractivity contribution in [2.24, 2.45) is 5.92 Å². The average molecular weight is 515 g/mol. The van der Waals surface area contributed by atoms with Crippen LogP contribution in [0.1, 0.15) is 33.6 Å². The molecule has 0 saturated carbocycles. The number of Topliss-reactive ketones (excluding diaryl/α,β-unsaturated/α-hetero) is 2. The molecule has 188 valence electrons. The Kier molecular flexibility index (Phi) is 11.2. The Bertz CT molecular complexity index is 920. The molecule has 0 N–H and O–H groups in total. The second kappa shape index (κ2) is 13.9. The molecule has 1 unspecified atom stereocenters. The van der Waals surface area contributed by atoms with Gasteiger partial charge in [0.15, 0.2) is 17.4 Å². The van der Waals surface area contributed by atoms with Crippen LogP contribution in [0, 0.1) is 5.92 Å². The SMILES string of the molecule is C[SiH](CCCC(COC(=O)C(=O)c1ccccc1)COC(=O)C(=O)c1ccccc1)O[Si](C)(C)C. The molecule has 9 heteroatoms. The number of ether oxygens (including phenoxy) is 2. The van der Waals surface area contributed by atoms with Crippen molar-refractivity contribution in [3.63, 3.8) is 0 Å². The van der Waals surface area contributed by atoms with Gasteiger partial charge >= 0.3 is 11.9 Å². The van der Waals surface area contributed by atoms with Crippen LogP contribution in [-0.2, 0) is 23.2 Å². The summed E-state index contributed by atoms with van der Waals surface area (Å²) in [5.41, 5.74) is 0.495. The molecule has 7 nitrogen and oxygen atoms in total. The zero-order valence-corrected chi connectivity index (χ0v) is 23.0. The zero-order valence-electron chi connectivity index (χ0n) is 20.8. The molecule has 0 radical (unpaired) electrons. The van der Waals surface area contributed by atoms with Crippen LogP contribution < -0.4 is 0 Å². The predicted octanol–water partition coefficient (Wildman–Crippen LogP) is 4.44. The number of hydrogen-bond acceptors (Lipinski definition) is 7. The molecule has 0 amide bonds. The maximum absolute atomic E-state index is 12.3. The van der Waals surface area contributed by atoms with E-state index < -0.39 is 40.9 Å². The number of hydrogen-bond donors (Lipinski definition) is 0. The molecule has 0 heterocycles. The fourth-order valence-electron chi connectivity index (χ4n) is 3.50. The van der Waals surface area contributed by atoms with Crippen LogP contribution in [-0.4, -0.2) is 54.1 Å². The fourth-order valence-corrected chi connectivity index (χ4v) is 9.61. The number of benzene rings is 2. The van der Waals surface area contributed by atoms with Gasteiger partial charge in [0.2, 0.25) is 0 Å². The van der Waals surface area contributed by atoms with Crippen molar-refractivity contribution in [3.05, 3.63) is 71.8 Å². The van der Waals surface area contributed by atoms with Gasteiger partial charge in [-0.05, 0) is 38.7 Å². The smallest absolute Gasteiger partial charge is 0.379 e. The highest BCUT2D eigenvalue weighted by molar-refractivity contribution is 6.77. The van der Waals surface area contributed by atoms with Gasteiger partial charge in [-0.2, -0.15) is 0 Å². The van der Waals surface area contributed by atoms with Crippen molar-refractivity contribution in [3.8, 4) is 0 Å². The summed E-state index contributed by atoms with van der Waals surface area (Å²) in [5, 5.41) is 0. The van der Waals surface area contributed by atoms with Gasteiger partial charge in [0.1, 0.15) is 0 Å². The maximum atomic E-state index is 12.3. The number of carbonyl (C=O) groups is 4. The Morgan fingerprint density at radius 2 is 1.20 bits per heavy atom. The Morgan fingerprint density at radius 1 is 0.771 bits per heavy atom. The molecule has 0 aromatic heterocycles. The highest BCUT2D eigenvalue weighted by Gasteiger charge is 2.24. The number of esters is 2. The summed E-state index contributed by atoms with van der Waals surface area (Å²) in [6, 6.07) is 17.3. The third-order valence-corrected chi connectivity index (χ3v) is 10.8. The molecule has 0 fully saturated rings. The van der Waals surface area contributed by atoms with E-state index in [0.717, 1.165) is 12.5 Å². The summed E-state index contributed by atoms with van der Waals surface area (Å²) >= 11 is 0. The lowest BCUT2D eigenvalue weighted by molar-refractivity contribution is -0.143. The lowest BCUT2D eigenvalue weighted by Crippen LogP contribution is -2.33. The Hall–Kier alpha value is -2.89. The standard InChI is InChI=1S/C26H34O7Si2/c1-34(33-35(2,3)4)17-11-12-20(18-31-25(29)23(27)21-13-7-5-8-14-21)19-32-26(30)24(28)22-15-9-6-10-16-22/h5-10,13-16,20,34H,11-12,17-19H2,1-4H3. The van der Waals surface area contributed by atoms with Crippen LogP contribution in [0.2, 0.25) is 32.2 Å². The lowest BCUT2D eigenvalue weighted by atomic mass is 10.1. The van der Waals surface area contributed by atoms with E-state index in [0.29, 0.717) is 6.42 Å². The van der Waals surface area contributed by atoms with E-state index in [9.17, 15) is 19.2 Å². The first-order chi connectivity index (χ1) is 16.6. The second-order valence-electron chi connectivity index (χ2n) is 9.42. The average Bonchev–Trinajstić information content (AvgIpc) is 2.83. The quantitative estimate of drug-likeness (QED) is 0.159. The maximum Gasteiger partial charge on any atom is 0.379 e. The first-order valence-corrected chi connectivity index (χ1v) is 17.6. The lowest BCUT2D eigenvalue weighted by Gasteiger charge is -2.23. The van der Waals surface area contributed by atoms with Gasteiger partial charge in [0.25, 0.3) is 11.6 Å². The first kappa shape index (κ1) is 28.4. The molecule has 0 aliphatic heterocycles. The number of ketones is 2. The van der Waals surface area contributed by atoms with Gasteiger partial charge in [0, 0.05) is 17.0 Å². The predicted molar refractivity (Wildman–Crippen MR) is 138 cm³/mol. The molecule has 2 aromatic carbocycles. The van der Waals surface area contributed by atoms with Crippen molar-refractivity contribution in [2.45, 2.75) is 45.1 Å². The van der Waals surface area contributed by atoms with Gasteiger partial charge in [-0.1, -0.05) is 67.1 Å². The normalized spacial score (nSPS) is 12.1. The minimum atomic E-state index is -1.60. The summed E-state index contributed by atoms with van der Waals surface area (Å²) in [6.07, 6.45) is 1.41. The van der Waals surface area contributed by atoms with Crippen molar-refractivity contribution in [1.29, 1.82) is 0 Å². The van der Waals surface area contributed by atoms with Gasteiger partial charge in [-0.3, -0.25) is 9.59 Å².